The van der Waals surface area contributed by atoms with Crippen LogP contribution in [0.2, 0.25) is 0 Å². The molecule has 0 N–H and O–H groups in total. The van der Waals surface area contributed by atoms with Crippen LogP contribution in [0.1, 0.15) is 24.3 Å². The van der Waals surface area contributed by atoms with E-state index < -0.39 is 26.7 Å². The summed E-state index contributed by atoms with van der Waals surface area (Å²) in [7, 11) is -0.804. The zero-order valence-electron chi connectivity index (χ0n) is 19.5. The predicted molar refractivity (Wildman–Crippen MR) is 122 cm³/mol. The van der Waals surface area contributed by atoms with E-state index in [1.807, 2.05) is 0 Å². The Morgan fingerprint density at radius 3 is 2.34 bits per heavy atom. The number of methoxy groups -OCH3 is 2. The maximum atomic E-state index is 13.3. The Kier molecular flexibility index (Phi) is 6.78. The van der Waals surface area contributed by atoms with Crippen molar-refractivity contribution in [2.24, 2.45) is 0 Å². The van der Waals surface area contributed by atoms with Gasteiger partial charge in [-0.3, -0.25) is 4.57 Å². The summed E-state index contributed by atoms with van der Waals surface area (Å²) < 4.78 is 57.7. The standard InChI is InChI=1S/C22H23FN6O5S/c1-13-8-18(34-28-13)22-27-26-20(29(22)21-16(32-3)6-5-7-17(21)33-4)12-35(30,31)14(2)9-19-24-10-15(23)11-25-19/h5-8,10-11,14H,9,12H2,1-4H3/t14-/m0/s1. The van der Waals surface area contributed by atoms with Crippen molar-refractivity contribution in [3.05, 3.63) is 59.8 Å². The molecule has 0 spiro atoms. The van der Waals surface area contributed by atoms with Crippen LogP contribution in [-0.2, 0) is 22.0 Å². The molecule has 0 aliphatic rings. The lowest BCUT2D eigenvalue weighted by Crippen LogP contribution is -2.24. The smallest absolute Gasteiger partial charge is 0.207 e. The lowest BCUT2D eigenvalue weighted by Gasteiger charge is -2.17. The molecule has 0 saturated heterocycles. The first-order valence-corrected chi connectivity index (χ1v) is 12.2. The molecule has 11 nitrogen and oxygen atoms in total. The van der Waals surface area contributed by atoms with Gasteiger partial charge in [0.2, 0.25) is 11.6 Å². The van der Waals surface area contributed by atoms with E-state index in [0.29, 0.717) is 28.6 Å². The molecular weight excluding hydrogens is 479 g/mol. The van der Waals surface area contributed by atoms with Crippen LogP contribution in [0.4, 0.5) is 4.39 Å². The van der Waals surface area contributed by atoms with Crippen molar-refractivity contribution in [2.75, 3.05) is 14.2 Å². The summed E-state index contributed by atoms with van der Waals surface area (Å²) in [5, 5.41) is 11.4. The van der Waals surface area contributed by atoms with Gasteiger partial charge in [-0.1, -0.05) is 11.2 Å². The minimum Gasteiger partial charge on any atom is -0.494 e. The van der Waals surface area contributed by atoms with Gasteiger partial charge in [-0.05, 0) is 26.0 Å². The number of benzene rings is 1. The first kappa shape index (κ1) is 24.3. The van der Waals surface area contributed by atoms with Gasteiger partial charge in [0.25, 0.3) is 0 Å². The topological polar surface area (TPSA) is 135 Å². The molecule has 0 fully saturated rings. The van der Waals surface area contributed by atoms with Gasteiger partial charge in [-0.25, -0.2) is 22.8 Å². The molecule has 0 unspecified atom stereocenters. The van der Waals surface area contributed by atoms with Crippen molar-refractivity contribution >= 4 is 9.84 Å². The summed E-state index contributed by atoms with van der Waals surface area (Å²) in [6.45, 7) is 3.29. The Hall–Kier alpha value is -3.87. The van der Waals surface area contributed by atoms with Crippen molar-refractivity contribution in [3.63, 3.8) is 0 Å². The van der Waals surface area contributed by atoms with Crippen LogP contribution >= 0.6 is 0 Å². The van der Waals surface area contributed by atoms with Gasteiger partial charge in [-0.15, -0.1) is 10.2 Å². The minimum atomic E-state index is -3.78. The van der Waals surface area contributed by atoms with Crippen molar-refractivity contribution < 1.29 is 26.8 Å². The van der Waals surface area contributed by atoms with Gasteiger partial charge in [0.15, 0.2) is 21.5 Å². The van der Waals surface area contributed by atoms with Crippen LogP contribution in [-0.4, -0.2) is 57.8 Å². The maximum absolute atomic E-state index is 13.3. The highest BCUT2D eigenvalue weighted by Gasteiger charge is 2.30. The predicted octanol–water partition coefficient (Wildman–Crippen LogP) is 2.72. The second-order valence-electron chi connectivity index (χ2n) is 7.76. The Labute approximate surface area is 200 Å². The van der Waals surface area contributed by atoms with Crippen LogP contribution in [0, 0.1) is 12.7 Å². The molecule has 184 valence electrons. The minimum absolute atomic E-state index is 0.00286. The summed E-state index contributed by atoms with van der Waals surface area (Å²) in [6.07, 6.45) is 2.00. The third-order valence-corrected chi connectivity index (χ3v) is 7.34. The third kappa shape index (κ3) is 4.99. The number of ether oxygens (including phenoxy) is 2. The highest BCUT2D eigenvalue weighted by molar-refractivity contribution is 7.91. The molecule has 0 radical (unpaired) electrons. The van der Waals surface area contributed by atoms with E-state index in [2.05, 4.69) is 25.3 Å². The van der Waals surface area contributed by atoms with E-state index in [0.717, 1.165) is 12.4 Å². The Morgan fingerprint density at radius 2 is 1.77 bits per heavy atom. The zero-order valence-corrected chi connectivity index (χ0v) is 20.3. The molecule has 35 heavy (non-hydrogen) atoms. The van der Waals surface area contributed by atoms with E-state index in [1.165, 1.54) is 25.7 Å². The van der Waals surface area contributed by atoms with E-state index in [4.69, 9.17) is 14.0 Å². The molecule has 0 aliphatic heterocycles. The quantitative estimate of drug-likeness (QED) is 0.336. The van der Waals surface area contributed by atoms with Gasteiger partial charge < -0.3 is 14.0 Å². The number of sulfone groups is 1. The maximum Gasteiger partial charge on any atom is 0.207 e. The van der Waals surface area contributed by atoms with Gasteiger partial charge in [-0.2, -0.15) is 0 Å². The van der Waals surface area contributed by atoms with E-state index in [-0.39, 0.29) is 23.9 Å². The largest absolute Gasteiger partial charge is 0.494 e. The summed E-state index contributed by atoms with van der Waals surface area (Å²) in [6, 6.07) is 6.82. The van der Waals surface area contributed by atoms with Crippen molar-refractivity contribution in [3.8, 4) is 28.8 Å². The van der Waals surface area contributed by atoms with Crippen molar-refractivity contribution in [1.29, 1.82) is 0 Å². The van der Waals surface area contributed by atoms with Crippen LogP contribution in [0.3, 0.4) is 0 Å². The first-order valence-electron chi connectivity index (χ1n) is 10.5. The number of nitrogens with zero attached hydrogens (tertiary/aromatic N) is 6. The van der Waals surface area contributed by atoms with Crippen molar-refractivity contribution in [2.45, 2.75) is 31.3 Å². The fraction of sp³-hybridized carbons (Fsp3) is 0.318. The highest BCUT2D eigenvalue weighted by atomic mass is 32.2. The van der Waals surface area contributed by atoms with Gasteiger partial charge in [0.1, 0.15) is 28.8 Å². The van der Waals surface area contributed by atoms with Gasteiger partial charge >= 0.3 is 0 Å². The third-order valence-electron chi connectivity index (χ3n) is 5.29. The lowest BCUT2D eigenvalue weighted by molar-refractivity contribution is 0.390. The molecule has 4 aromatic rings. The lowest BCUT2D eigenvalue weighted by atomic mass is 10.2. The van der Waals surface area contributed by atoms with Crippen LogP contribution in [0.15, 0.2) is 41.2 Å². The van der Waals surface area contributed by atoms with Crippen molar-refractivity contribution in [1.82, 2.24) is 29.9 Å². The Balaban J connectivity index is 1.79. The summed E-state index contributed by atoms with van der Waals surface area (Å²) in [5.41, 5.74) is 1.02. The van der Waals surface area contributed by atoms with E-state index in [9.17, 15) is 12.8 Å². The molecular formula is C22H23FN6O5S. The molecule has 1 aromatic carbocycles. The summed E-state index contributed by atoms with van der Waals surface area (Å²) >= 11 is 0. The van der Waals surface area contributed by atoms with E-state index in [1.54, 1.807) is 31.2 Å². The van der Waals surface area contributed by atoms with Crippen LogP contribution < -0.4 is 9.47 Å². The average molecular weight is 503 g/mol. The zero-order chi connectivity index (χ0) is 25.2. The summed E-state index contributed by atoms with van der Waals surface area (Å²) in [5.74, 6) is 0.611. The number of halogens is 1. The fourth-order valence-electron chi connectivity index (χ4n) is 3.48. The van der Waals surface area contributed by atoms with Crippen LogP contribution in [0.25, 0.3) is 17.3 Å². The molecule has 0 amide bonds. The normalized spacial score (nSPS) is 12.5. The van der Waals surface area contributed by atoms with Gasteiger partial charge in [0, 0.05) is 12.5 Å². The number of aromatic nitrogens is 6. The number of hydrogen-bond donors (Lipinski definition) is 0. The molecule has 4 rings (SSSR count). The highest BCUT2D eigenvalue weighted by Crippen LogP contribution is 2.36. The second-order valence-corrected chi connectivity index (χ2v) is 10.2. The summed E-state index contributed by atoms with van der Waals surface area (Å²) in [4.78, 5) is 7.72. The molecule has 0 bridgehead atoms. The second kappa shape index (κ2) is 9.78. The average Bonchev–Trinajstić information content (AvgIpc) is 3.45. The molecule has 13 heteroatoms. The monoisotopic (exact) mass is 502 g/mol. The molecule has 0 aliphatic carbocycles. The Morgan fingerprint density at radius 1 is 1.11 bits per heavy atom. The number of hydrogen-bond acceptors (Lipinski definition) is 10. The molecule has 3 aromatic heterocycles. The fourth-order valence-corrected chi connectivity index (χ4v) is 4.71. The first-order chi connectivity index (χ1) is 16.7. The molecule has 3 heterocycles. The number of para-hydroxylation sites is 1. The Bertz CT molecular complexity index is 1410. The SMILES string of the molecule is COc1cccc(OC)c1-n1c(CS(=O)(=O)[C@@H](C)Cc2ncc(F)cn2)nnc1-c1cc(C)no1. The van der Waals surface area contributed by atoms with Crippen LogP contribution in [0.5, 0.6) is 11.5 Å². The van der Waals surface area contributed by atoms with Gasteiger partial charge in [0.05, 0.1) is 37.6 Å². The van der Waals surface area contributed by atoms with E-state index >= 15 is 0 Å². The number of rotatable bonds is 9. The molecule has 1 atom stereocenters. The molecule has 0 saturated carbocycles. The number of aryl methyl sites for hydroxylation is 1.